The zero-order valence-corrected chi connectivity index (χ0v) is 14.0. The lowest BCUT2D eigenvalue weighted by Crippen LogP contribution is -2.40. The molecule has 0 aliphatic rings. The minimum atomic E-state index is -0.0372. The fraction of sp³-hybridized carbons (Fsp3) is 0.333. The van der Waals surface area contributed by atoms with Crippen LogP contribution in [0.2, 0.25) is 0 Å². The second-order valence-corrected chi connectivity index (χ2v) is 5.32. The molecule has 0 aliphatic carbocycles. The first-order chi connectivity index (χ1) is 11.8. The summed E-state index contributed by atoms with van der Waals surface area (Å²) in [5, 5.41) is 9.42. The smallest absolute Gasteiger partial charge is 0.251 e. The molecule has 1 heterocycles. The summed E-state index contributed by atoms with van der Waals surface area (Å²) in [6.07, 6.45) is 4.90. The molecule has 1 aromatic heterocycles. The highest BCUT2D eigenvalue weighted by Crippen LogP contribution is 1.97. The normalized spacial score (nSPS) is 11.1. The minimum Gasteiger partial charge on any atom is -0.356 e. The lowest BCUT2D eigenvalue weighted by Gasteiger charge is -2.12. The van der Waals surface area contributed by atoms with Crippen LogP contribution in [0.4, 0.5) is 0 Å². The number of benzene rings is 1. The topological polar surface area (TPSA) is 70.4 Å². The molecule has 6 heteroatoms. The van der Waals surface area contributed by atoms with Crippen molar-refractivity contribution < 1.29 is 4.79 Å². The van der Waals surface area contributed by atoms with Crippen molar-refractivity contribution in [3.8, 4) is 0 Å². The van der Waals surface area contributed by atoms with Gasteiger partial charge in [-0.3, -0.25) is 9.79 Å². The van der Waals surface area contributed by atoms with E-state index in [0.29, 0.717) is 12.1 Å². The van der Waals surface area contributed by atoms with E-state index in [0.717, 1.165) is 32.0 Å². The van der Waals surface area contributed by atoms with Gasteiger partial charge in [-0.15, -0.1) is 0 Å². The third-order valence-corrected chi connectivity index (χ3v) is 3.52. The average molecular weight is 327 g/mol. The van der Waals surface area contributed by atoms with E-state index in [4.69, 9.17) is 0 Å². The Labute approximate surface area is 143 Å². The van der Waals surface area contributed by atoms with Crippen LogP contribution >= 0.6 is 0 Å². The Morgan fingerprint density at radius 3 is 2.33 bits per heavy atom. The van der Waals surface area contributed by atoms with E-state index in [-0.39, 0.29) is 5.91 Å². The molecule has 0 saturated carbocycles. The molecule has 1 amide bonds. The summed E-state index contributed by atoms with van der Waals surface area (Å²) in [5.74, 6) is 0.737. The summed E-state index contributed by atoms with van der Waals surface area (Å²) in [6, 6.07) is 13.3. The van der Waals surface area contributed by atoms with Gasteiger partial charge in [-0.1, -0.05) is 18.2 Å². The number of nitrogens with zero attached hydrogens (tertiary/aromatic N) is 2. The maximum absolute atomic E-state index is 11.9. The highest BCUT2D eigenvalue weighted by atomic mass is 16.1. The van der Waals surface area contributed by atoms with Gasteiger partial charge in [-0.2, -0.15) is 0 Å². The first-order valence-electron chi connectivity index (χ1n) is 8.18. The monoisotopic (exact) mass is 327 g/mol. The molecule has 0 bridgehead atoms. The second-order valence-electron chi connectivity index (χ2n) is 5.32. The van der Waals surface area contributed by atoms with Crippen molar-refractivity contribution in [2.24, 2.45) is 4.99 Å². The Morgan fingerprint density at radius 1 is 0.958 bits per heavy atom. The lowest BCUT2D eigenvalue weighted by molar-refractivity contribution is 0.0953. The van der Waals surface area contributed by atoms with E-state index < -0.39 is 0 Å². The van der Waals surface area contributed by atoms with E-state index in [1.165, 1.54) is 0 Å². The van der Waals surface area contributed by atoms with Gasteiger partial charge in [0.2, 0.25) is 0 Å². The molecule has 2 rings (SSSR count). The molecule has 0 aliphatic heterocycles. The van der Waals surface area contributed by atoms with Gasteiger partial charge in [-0.05, 0) is 30.7 Å². The largest absolute Gasteiger partial charge is 0.356 e. The minimum absolute atomic E-state index is 0.0372. The van der Waals surface area contributed by atoms with E-state index >= 15 is 0 Å². The fourth-order valence-electron chi connectivity index (χ4n) is 2.23. The Kier molecular flexibility index (Phi) is 7.40. The number of carbonyl (C=O) groups is 1. The fourth-order valence-corrected chi connectivity index (χ4v) is 2.23. The van der Waals surface area contributed by atoms with Gasteiger partial charge in [0, 0.05) is 51.2 Å². The number of aliphatic imine (C=N–C) groups is 1. The van der Waals surface area contributed by atoms with E-state index in [9.17, 15) is 4.79 Å². The first kappa shape index (κ1) is 17.6. The van der Waals surface area contributed by atoms with E-state index in [1.807, 2.05) is 54.9 Å². The van der Waals surface area contributed by atoms with Crippen LogP contribution < -0.4 is 16.0 Å². The average Bonchev–Trinajstić information content (AvgIpc) is 3.14. The summed E-state index contributed by atoms with van der Waals surface area (Å²) < 4.78 is 2.11. The molecule has 128 valence electrons. The van der Waals surface area contributed by atoms with Crippen molar-refractivity contribution in [1.82, 2.24) is 20.5 Å². The van der Waals surface area contributed by atoms with Crippen molar-refractivity contribution in [1.29, 1.82) is 0 Å². The number of nitrogens with one attached hydrogen (secondary N) is 3. The zero-order valence-electron chi connectivity index (χ0n) is 14.0. The molecular formula is C18H25N5O. The van der Waals surface area contributed by atoms with Crippen LogP contribution in [0.15, 0.2) is 59.9 Å². The number of carbonyl (C=O) groups excluding carboxylic acids is 1. The van der Waals surface area contributed by atoms with Crippen LogP contribution in [0.5, 0.6) is 0 Å². The number of amides is 1. The molecule has 6 nitrogen and oxygen atoms in total. The Balaban J connectivity index is 1.56. The van der Waals surface area contributed by atoms with Crippen molar-refractivity contribution >= 4 is 11.9 Å². The molecule has 0 saturated heterocycles. The molecule has 0 fully saturated rings. The van der Waals surface area contributed by atoms with Gasteiger partial charge >= 0.3 is 0 Å². The van der Waals surface area contributed by atoms with E-state index in [2.05, 4.69) is 25.5 Å². The molecule has 2 aromatic rings. The number of hydrogen-bond acceptors (Lipinski definition) is 2. The molecule has 0 spiro atoms. The molecule has 0 atom stereocenters. The maximum atomic E-state index is 11.9. The van der Waals surface area contributed by atoms with Crippen LogP contribution in [-0.4, -0.2) is 43.1 Å². The quantitative estimate of drug-likeness (QED) is 0.391. The number of guanidine groups is 1. The van der Waals surface area contributed by atoms with Crippen LogP contribution in [0.1, 0.15) is 16.8 Å². The van der Waals surface area contributed by atoms with Crippen molar-refractivity contribution in [2.45, 2.75) is 13.0 Å². The van der Waals surface area contributed by atoms with Crippen LogP contribution in [0.25, 0.3) is 0 Å². The van der Waals surface area contributed by atoms with Gasteiger partial charge in [-0.25, -0.2) is 0 Å². The summed E-state index contributed by atoms with van der Waals surface area (Å²) in [7, 11) is 1.75. The molecule has 24 heavy (non-hydrogen) atoms. The van der Waals surface area contributed by atoms with Gasteiger partial charge < -0.3 is 20.5 Å². The Hall–Kier alpha value is -2.76. The summed E-state index contributed by atoms with van der Waals surface area (Å²) >= 11 is 0. The van der Waals surface area contributed by atoms with Crippen molar-refractivity contribution in [2.75, 3.05) is 26.7 Å². The first-order valence-corrected chi connectivity index (χ1v) is 8.18. The number of rotatable bonds is 8. The number of hydrogen-bond donors (Lipinski definition) is 3. The van der Waals surface area contributed by atoms with Crippen molar-refractivity contribution in [3.63, 3.8) is 0 Å². The van der Waals surface area contributed by atoms with Gasteiger partial charge in [0.1, 0.15) is 0 Å². The summed E-state index contributed by atoms with van der Waals surface area (Å²) in [6.45, 7) is 3.07. The SMILES string of the molecule is CN=C(NCCCNC(=O)c1ccccc1)NCCn1cccc1. The van der Waals surface area contributed by atoms with Gasteiger partial charge in [0.15, 0.2) is 5.96 Å². The second kappa shape index (κ2) is 10.1. The van der Waals surface area contributed by atoms with Gasteiger partial charge in [0.05, 0.1) is 0 Å². The Bertz CT molecular complexity index is 622. The third-order valence-electron chi connectivity index (χ3n) is 3.52. The van der Waals surface area contributed by atoms with Gasteiger partial charge in [0.25, 0.3) is 5.91 Å². The third kappa shape index (κ3) is 6.16. The highest BCUT2D eigenvalue weighted by Gasteiger charge is 2.03. The maximum Gasteiger partial charge on any atom is 0.251 e. The molecular weight excluding hydrogens is 302 g/mol. The van der Waals surface area contributed by atoms with Crippen molar-refractivity contribution in [3.05, 3.63) is 60.4 Å². The summed E-state index contributed by atoms with van der Waals surface area (Å²) in [5.41, 5.74) is 0.688. The molecule has 0 radical (unpaired) electrons. The van der Waals surface area contributed by atoms with Crippen LogP contribution in [0, 0.1) is 0 Å². The lowest BCUT2D eigenvalue weighted by atomic mass is 10.2. The van der Waals surface area contributed by atoms with E-state index in [1.54, 1.807) is 7.05 Å². The van der Waals surface area contributed by atoms with Crippen LogP contribution in [-0.2, 0) is 6.54 Å². The highest BCUT2D eigenvalue weighted by molar-refractivity contribution is 5.94. The molecule has 3 N–H and O–H groups in total. The zero-order chi connectivity index (χ0) is 17.0. The molecule has 1 aromatic carbocycles. The summed E-state index contributed by atoms with van der Waals surface area (Å²) in [4.78, 5) is 16.1. The number of aromatic nitrogens is 1. The Morgan fingerprint density at radius 2 is 1.62 bits per heavy atom. The predicted molar refractivity (Wildman–Crippen MR) is 97.2 cm³/mol. The molecule has 0 unspecified atom stereocenters. The predicted octanol–water partition coefficient (Wildman–Crippen LogP) is 1.47. The standard InChI is InChI=1S/C18H25N5O/c1-19-18(22-12-15-23-13-5-6-14-23)21-11-7-10-20-17(24)16-8-3-2-4-9-16/h2-6,8-9,13-14H,7,10-12,15H2,1H3,(H,20,24)(H2,19,21,22). The van der Waals surface area contributed by atoms with Crippen LogP contribution in [0.3, 0.4) is 0 Å².